The van der Waals surface area contributed by atoms with Crippen LogP contribution >= 0.6 is 0 Å². The first kappa shape index (κ1) is 15.0. The molecule has 1 aromatic rings. The Hall–Kier alpha value is -2.08. The minimum absolute atomic E-state index is 0.119. The smallest absolute Gasteiger partial charge is 0.309 e. The van der Waals surface area contributed by atoms with Crippen molar-refractivity contribution in [2.24, 2.45) is 0 Å². The number of likely N-dealkylation sites (N-methyl/N-ethyl adjacent to an activating group) is 1. The van der Waals surface area contributed by atoms with Crippen LogP contribution in [0.15, 0.2) is 35.5 Å². The molecule has 0 radical (unpaired) electrons. The summed E-state index contributed by atoms with van der Waals surface area (Å²) in [6.45, 7) is 4.02. The maximum absolute atomic E-state index is 11.5. The number of amides is 2. The lowest BCUT2D eigenvalue weighted by atomic mass is 10.2. The van der Waals surface area contributed by atoms with Crippen LogP contribution in [-0.4, -0.2) is 43.9 Å². The standard InChI is InChI=1S/C13H19N3O3/c1-4-7-14-12(17)13(18)15-9-10(16(2)3)11-6-5-8-19-11/h4-6,8,10H,1,7,9H2,2-3H3,(H,14,17)(H,15,18)/t10-/m1/s1. The van der Waals surface area contributed by atoms with Crippen LogP contribution in [0.5, 0.6) is 0 Å². The van der Waals surface area contributed by atoms with Crippen LogP contribution in [0.2, 0.25) is 0 Å². The van der Waals surface area contributed by atoms with Gasteiger partial charge in [0.15, 0.2) is 0 Å². The minimum Gasteiger partial charge on any atom is -0.468 e. The van der Waals surface area contributed by atoms with Crippen molar-refractivity contribution in [2.45, 2.75) is 6.04 Å². The lowest BCUT2D eigenvalue weighted by Crippen LogP contribution is -2.43. The fourth-order valence-corrected chi connectivity index (χ4v) is 1.53. The van der Waals surface area contributed by atoms with Crippen LogP contribution in [0.1, 0.15) is 11.8 Å². The number of rotatable bonds is 6. The number of hydrogen-bond acceptors (Lipinski definition) is 4. The van der Waals surface area contributed by atoms with Crippen LogP contribution in [0.4, 0.5) is 0 Å². The molecule has 0 unspecified atom stereocenters. The molecule has 6 heteroatoms. The van der Waals surface area contributed by atoms with Crippen molar-refractivity contribution >= 4 is 11.8 Å². The van der Waals surface area contributed by atoms with Gasteiger partial charge in [-0.25, -0.2) is 0 Å². The molecule has 19 heavy (non-hydrogen) atoms. The quantitative estimate of drug-likeness (QED) is 0.573. The average Bonchev–Trinajstić information content (AvgIpc) is 2.89. The van der Waals surface area contributed by atoms with Gasteiger partial charge >= 0.3 is 11.8 Å². The topological polar surface area (TPSA) is 74.6 Å². The van der Waals surface area contributed by atoms with E-state index in [1.807, 2.05) is 25.1 Å². The summed E-state index contributed by atoms with van der Waals surface area (Å²) in [5, 5.41) is 4.99. The normalized spacial score (nSPS) is 11.9. The summed E-state index contributed by atoms with van der Waals surface area (Å²) in [5.74, 6) is -0.603. The van der Waals surface area contributed by atoms with Gasteiger partial charge in [-0.2, -0.15) is 0 Å². The zero-order chi connectivity index (χ0) is 14.3. The van der Waals surface area contributed by atoms with Gasteiger partial charge in [0.2, 0.25) is 0 Å². The SMILES string of the molecule is C=CCNC(=O)C(=O)NC[C@H](c1ccco1)N(C)C. The largest absolute Gasteiger partial charge is 0.468 e. The van der Waals surface area contributed by atoms with Gasteiger partial charge < -0.3 is 15.1 Å². The minimum atomic E-state index is -0.670. The van der Waals surface area contributed by atoms with Crippen molar-refractivity contribution in [3.63, 3.8) is 0 Å². The van der Waals surface area contributed by atoms with Gasteiger partial charge in [-0.1, -0.05) is 6.08 Å². The molecule has 104 valence electrons. The van der Waals surface area contributed by atoms with E-state index in [2.05, 4.69) is 17.2 Å². The Morgan fingerprint density at radius 2 is 2.11 bits per heavy atom. The molecule has 0 saturated heterocycles. The zero-order valence-electron chi connectivity index (χ0n) is 11.2. The summed E-state index contributed by atoms with van der Waals surface area (Å²) in [6, 6.07) is 3.49. The highest BCUT2D eigenvalue weighted by atomic mass is 16.3. The first-order chi connectivity index (χ1) is 9.06. The van der Waals surface area contributed by atoms with E-state index in [-0.39, 0.29) is 12.6 Å². The van der Waals surface area contributed by atoms with Crippen LogP contribution in [0.3, 0.4) is 0 Å². The van der Waals surface area contributed by atoms with Crippen LogP contribution in [-0.2, 0) is 9.59 Å². The molecule has 1 rings (SSSR count). The third kappa shape index (κ3) is 4.59. The highest BCUT2D eigenvalue weighted by molar-refractivity contribution is 6.35. The maximum atomic E-state index is 11.5. The first-order valence-electron chi connectivity index (χ1n) is 5.93. The van der Waals surface area contributed by atoms with Crippen molar-refractivity contribution in [3.8, 4) is 0 Å². The van der Waals surface area contributed by atoms with E-state index in [9.17, 15) is 9.59 Å². The summed E-state index contributed by atoms with van der Waals surface area (Å²) in [5.41, 5.74) is 0. The van der Waals surface area contributed by atoms with E-state index in [0.717, 1.165) is 5.76 Å². The molecular weight excluding hydrogens is 246 g/mol. The van der Waals surface area contributed by atoms with Crippen molar-refractivity contribution in [3.05, 3.63) is 36.8 Å². The molecule has 6 nitrogen and oxygen atoms in total. The predicted molar refractivity (Wildman–Crippen MR) is 71.4 cm³/mol. The predicted octanol–water partition coefficient (Wildman–Crippen LogP) is 0.301. The number of carbonyl (C=O) groups excluding carboxylic acids is 2. The Morgan fingerprint density at radius 1 is 1.42 bits per heavy atom. The summed E-state index contributed by atoms with van der Waals surface area (Å²) in [7, 11) is 3.74. The second-order valence-corrected chi connectivity index (χ2v) is 4.20. The molecule has 0 bridgehead atoms. The number of nitrogens with one attached hydrogen (secondary N) is 2. The number of nitrogens with zero attached hydrogens (tertiary/aromatic N) is 1. The van der Waals surface area contributed by atoms with Crippen LogP contribution < -0.4 is 10.6 Å². The van der Waals surface area contributed by atoms with Gasteiger partial charge in [0.25, 0.3) is 0 Å². The van der Waals surface area contributed by atoms with Crippen molar-refractivity contribution in [1.82, 2.24) is 15.5 Å². The summed E-state index contributed by atoms with van der Waals surface area (Å²) >= 11 is 0. The van der Waals surface area contributed by atoms with Gasteiger partial charge in [-0.3, -0.25) is 14.5 Å². The second kappa shape index (κ2) is 7.38. The molecule has 0 aromatic carbocycles. The van der Waals surface area contributed by atoms with E-state index in [1.54, 1.807) is 12.3 Å². The molecule has 0 spiro atoms. The maximum Gasteiger partial charge on any atom is 0.309 e. The molecule has 2 amide bonds. The Labute approximate surface area is 112 Å². The van der Waals surface area contributed by atoms with Gasteiger partial charge in [-0.15, -0.1) is 6.58 Å². The van der Waals surface area contributed by atoms with E-state index >= 15 is 0 Å². The molecule has 1 heterocycles. The lowest BCUT2D eigenvalue weighted by molar-refractivity contribution is -0.139. The molecular formula is C13H19N3O3. The molecule has 2 N–H and O–H groups in total. The van der Waals surface area contributed by atoms with Crippen molar-refractivity contribution in [1.29, 1.82) is 0 Å². The molecule has 1 aromatic heterocycles. The molecule has 0 aliphatic carbocycles. The molecule has 0 aliphatic rings. The van der Waals surface area contributed by atoms with Gasteiger partial charge in [0.1, 0.15) is 5.76 Å². The fourth-order valence-electron chi connectivity index (χ4n) is 1.53. The fraction of sp³-hybridized carbons (Fsp3) is 0.385. The summed E-state index contributed by atoms with van der Waals surface area (Å²) < 4.78 is 5.31. The molecule has 1 atom stereocenters. The van der Waals surface area contributed by atoms with Crippen molar-refractivity contribution < 1.29 is 14.0 Å². The van der Waals surface area contributed by atoms with Crippen LogP contribution in [0.25, 0.3) is 0 Å². The van der Waals surface area contributed by atoms with Gasteiger partial charge in [0.05, 0.1) is 12.3 Å². The Morgan fingerprint density at radius 3 is 2.63 bits per heavy atom. The number of furan rings is 1. The third-order valence-corrected chi connectivity index (χ3v) is 2.56. The highest BCUT2D eigenvalue weighted by Crippen LogP contribution is 2.17. The monoisotopic (exact) mass is 265 g/mol. The summed E-state index contributed by atoms with van der Waals surface area (Å²) in [6.07, 6.45) is 3.08. The summed E-state index contributed by atoms with van der Waals surface area (Å²) in [4.78, 5) is 24.8. The van der Waals surface area contributed by atoms with Gasteiger partial charge in [-0.05, 0) is 26.2 Å². The zero-order valence-corrected chi connectivity index (χ0v) is 11.2. The molecule has 0 fully saturated rings. The number of carbonyl (C=O) groups is 2. The van der Waals surface area contributed by atoms with Gasteiger partial charge in [0, 0.05) is 13.1 Å². The highest BCUT2D eigenvalue weighted by Gasteiger charge is 2.20. The van der Waals surface area contributed by atoms with Crippen molar-refractivity contribution in [2.75, 3.05) is 27.2 Å². The number of hydrogen-bond donors (Lipinski definition) is 2. The molecule has 0 saturated carbocycles. The van der Waals surface area contributed by atoms with E-state index in [0.29, 0.717) is 6.54 Å². The Kier molecular flexibility index (Phi) is 5.81. The second-order valence-electron chi connectivity index (χ2n) is 4.20. The molecule has 0 aliphatic heterocycles. The third-order valence-electron chi connectivity index (χ3n) is 2.56. The Bertz CT molecular complexity index is 426. The van der Waals surface area contributed by atoms with E-state index in [1.165, 1.54) is 6.08 Å². The lowest BCUT2D eigenvalue weighted by Gasteiger charge is -2.22. The van der Waals surface area contributed by atoms with E-state index in [4.69, 9.17) is 4.42 Å². The average molecular weight is 265 g/mol. The van der Waals surface area contributed by atoms with E-state index < -0.39 is 11.8 Å². The first-order valence-corrected chi connectivity index (χ1v) is 5.93. The van der Waals surface area contributed by atoms with Crippen LogP contribution in [0, 0.1) is 0 Å². The Balaban J connectivity index is 2.51.